The van der Waals surface area contributed by atoms with E-state index in [0.717, 1.165) is 31.1 Å². The lowest BCUT2D eigenvalue weighted by Crippen LogP contribution is -2.28. The third-order valence-electron chi connectivity index (χ3n) is 3.83. The van der Waals surface area contributed by atoms with Gasteiger partial charge < -0.3 is 4.90 Å². The summed E-state index contributed by atoms with van der Waals surface area (Å²) in [6.45, 7) is 7.40. The fourth-order valence-electron chi connectivity index (χ4n) is 2.84. The summed E-state index contributed by atoms with van der Waals surface area (Å²) >= 11 is 0. The van der Waals surface area contributed by atoms with Crippen molar-refractivity contribution in [3.05, 3.63) is 78.4 Å². The van der Waals surface area contributed by atoms with Crippen LogP contribution in [-0.4, -0.2) is 6.54 Å². The Kier molecular flexibility index (Phi) is 5.48. The molecule has 0 spiro atoms. The molecule has 0 saturated carbocycles. The monoisotopic (exact) mass is 319 g/mol. The molecule has 0 amide bonds. The van der Waals surface area contributed by atoms with Crippen LogP contribution in [0.2, 0.25) is 0 Å². The van der Waals surface area contributed by atoms with Crippen LogP contribution in [0, 0.1) is 0 Å². The normalized spacial score (nSPS) is 13.8. The van der Waals surface area contributed by atoms with E-state index in [1.807, 2.05) is 18.2 Å². The first kappa shape index (κ1) is 17.1. The zero-order chi connectivity index (χ0) is 16.9. The Labute approximate surface area is 135 Å². The van der Waals surface area contributed by atoms with Gasteiger partial charge in [0, 0.05) is 18.8 Å². The van der Waals surface area contributed by atoms with E-state index in [-0.39, 0.29) is 0 Å². The van der Waals surface area contributed by atoms with Crippen LogP contribution >= 0.6 is 0 Å². The SMILES string of the molecule is C=C.FC(F)(F)c1cccc(CN2CCCc3ccccc32)c1. The third-order valence-corrected chi connectivity index (χ3v) is 3.83. The second-order valence-corrected chi connectivity index (χ2v) is 5.35. The van der Waals surface area contributed by atoms with Crippen LogP contribution in [0.25, 0.3) is 0 Å². The molecule has 1 heterocycles. The standard InChI is InChI=1S/C17H16F3N.C2H4/c18-17(19,20)15-8-3-5-13(11-15)12-21-10-4-7-14-6-1-2-9-16(14)21;1-2/h1-3,5-6,8-9,11H,4,7,10,12H2;1-2H2. The smallest absolute Gasteiger partial charge is 0.367 e. The molecule has 0 unspecified atom stereocenters. The van der Waals surface area contributed by atoms with Gasteiger partial charge in [-0.3, -0.25) is 0 Å². The fraction of sp³-hybridized carbons (Fsp3) is 0.263. The average molecular weight is 319 g/mol. The topological polar surface area (TPSA) is 3.24 Å². The van der Waals surface area contributed by atoms with Gasteiger partial charge in [0.2, 0.25) is 0 Å². The number of halogens is 3. The number of nitrogens with zero attached hydrogens (tertiary/aromatic N) is 1. The highest BCUT2D eigenvalue weighted by atomic mass is 19.4. The molecule has 122 valence electrons. The van der Waals surface area contributed by atoms with E-state index in [4.69, 9.17) is 0 Å². The van der Waals surface area contributed by atoms with Gasteiger partial charge in [0.25, 0.3) is 0 Å². The summed E-state index contributed by atoms with van der Waals surface area (Å²) in [5.74, 6) is 0. The minimum absolute atomic E-state index is 0.515. The molecule has 1 nitrogen and oxygen atoms in total. The lowest BCUT2D eigenvalue weighted by Gasteiger charge is -2.31. The molecule has 1 aliphatic rings. The summed E-state index contributed by atoms with van der Waals surface area (Å²) in [6.07, 6.45) is -2.21. The van der Waals surface area contributed by atoms with E-state index in [1.54, 1.807) is 6.07 Å². The number of fused-ring (bicyclic) bond motifs is 1. The highest BCUT2D eigenvalue weighted by molar-refractivity contribution is 5.55. The van der Waals surface area contributed by atoms with Gasteiger partial charge in [0.05, 0.1) is 5.56 Å². The molecule has 0 saturated heterocycles. The second kappa shape index (κ2) is 7.36. The number of rotatable bonds is 2. The van der Waals surface area contributed by atoms with E-state index in [9.17, 15) is 13.2 Å². The molecule has 0 aliphatic carbocycles. The van der Waals surface area contributed by atoms with Gasteiger partial charge in [-0.1, -0.05) is 30.3 Å². The summed E-state index contributed by atoms with van der Waals surface area (Å²) in [4.78, 5) is 2.16. The van der Waals surface area contributed by atoms with Crippen molar-refractivity contribution in [2.45, 2.75) is 25.6 Å². The van der Waals surface area contributed by atoms with Gasteiger partial charge in [-0.15, -0.1) is 13.2 Å². The van der Waals surface area contributed by atoms with Crippen molar-refractivity contribution in [1.29, 1.82) is 0 Å². The number of benzene rings is 2. The first-order valence-electron chi connectivity index (χ1n) is 7.53. The Morgan fingerprint density at radius 3 is 2.48 bits per heavy atom. The summed E-state index contributed by atoms with van der Waals surface area (Å²) in [6, 6.07) is 13.7. The molecule has 0 atom stereocenters. The fourth-order valence-corrected chi connectivity index (χ4v) is 2.84. The predicted molar refractivity (Wildman–Crippen MR) is 88.5 cm³/mol. The Morgan fingerprint density at radius 2 is 1.74 bits per heavy atom. The Morgan fingerprint density at radius 1 is 1.00 bits per heavy atom. The van der Waals surface area contributed by atoms with Gasteiger partial charge in [-0.05, 0) is 42.2 Å². The molecular formula is C19H20F3N. The maximum atomic E-state index is 12.8. The molecule has 23 heavy (non-hydrogen) atoms. The van der Waals surface area contributed by atoms with E-state index in [0.29, 0.717) is 12.1 Å². The molecule has 1 aliphatic heterocycles. The Hall–Kier alpha value is -2.23. The van der Waals surface area contributed by atoms with Gasteiger partial charge >= 0.3 is 6.18 Å². The highest BCUT2D eigenvalue weighted by Crippen LogP contribution is 2.31. The van der Waals surface area contributed by atoms with Gasteiger partial charge in [-0.2, -0.15) is 13.2 Å². The number of alkyl halides is 3. The summed E-state index contributed by atoms with van der Waals surface area (Å²) in [5, 5.41) is 0. The zero-order valence-electron chi connectivity index (χ0n) is 12.9. The summed E-state index contributed by atoms with van der Waals surface area (Å²) in [5.41, 5.74) is 2.53. The molecule has 0 bridgehead atoms. The first-order valence-corrected chi connectivity index (χ1v) is 7.53. The van der Waals surface area contributed by atoms with Crippen LogP contribution in [0.3, 0.4) is 0 Å². The van der Waals surface area contributed by atoms with Gasteiger partial charge in [0.1, 0.15) is 0 Å². The van der Waals surface area contributed by atoms with Crippen molar-refractivity contribution in [3.63, 3.8) is 0 Å². The van der Waals surface area contributed by atoms with Crippen LogP contribution < -0.4 is 4.90 Å². The lowest BCUT2D eigenvalue weighted by molar-refractivity contribution is -0.137. The summed E-state index contributed by atoms with van der Waals surface area (Å²) in [7, 11) is 0. The van der Waals surface area contributed by atoms with Gasteiger partial charge in [-0.25, -0.2) is 0 Å². The van der Waals surface area contributed by atoms with E-state index in [1.165, 1.54) is 17.7 Å². The molecule has 0 radical (unpaired) electrons. The predicted octanol–water partition coefficient (Wildman–Crippen LogP) is 5.46. The molecule has 2 aromatic rings. The minimum atomic E-state index is -4.28. The highest BCUT2D eigenvalue weighted by Gasteiger charge is 2.30. The van der Waals surface area contributed by atoms with Crippen molar-refractivity contribution in [1.82, 2.24) is 0 Å². The number of para-hydroxylation sites is 1. The molecule has 0 aromatic heterocycles. The number of hydrogen-bond donors (Lipinski definition) is 0. The van der Waals surface area contributed by atoms with Crippen molar-refractivity contribution in [2.24, 2.45) is 0 Å². The lowest BCUT2D eigenvalue weighted by atomic mass is 10.0. The third kappa shape index (κ3) is 4.15. The summed E-state index contributed by atoms with van der Waals surface area (Å²) < 4.78 is 38.3. The average Bonchev–Trinajstić information content (AvgIpc) is 2.57. The molecule has 4 heteroatoms. The molecule has 0 fully saturated rings. The van der Waals surface area contributed by atoms with Crippen molar-refractivity contribution in [3.8, 4) is 0 Å². The van der Waals surface area contributed by atoms with Crippen LogP contribution in [-0.2, 0) is 19.1 Å². The largest absolute Gasteiger partial charge is 0.416 e. The first-order chi connectivity index (χ1) is 11.0. The van der Waals surface area contributed by atoms with Crippen LogP contribution in [0.1, 0.15) is 23.1 Å². The van der Waals surface area contributed by atoms with Crippen LogP contribution in [0.5, 0.6) is 0 Å². The quantitative estimate of drug-likeness (QED) is 0.664. The number of hydrogen-bond acceptors (Lipinski definition) is 1. The molecule has 3 rings (SSSR count). The van der Waals surface area contributed by atoms with Gasteiger partial charge in [0.15, 0.2) is 0 Å². The van der Waals surface area contributed by atoms with Crippen molar-refractivity contribution < 1.29 is 13.2 Å². The maximum absolute atomic E-state index is 12.8. The minimum Gasteiger partial charge on any atom is -0.367 e. The van der Waals surface area contributed by atoms with Crippen molar-refractivity contribution in [2.75, 3.05) is 11.4 Å². The molecule has 0 N–H and O–H groups in total. The number of aryl methyl sites for hydroxylation is 1. The Bertz CT molecular complexity index is 649. The second-order valence-electron chi connectivity index (χ2n) is 5.35. The van der Waals surface area contributed by atoms with E-state index in [2.05, 4.69) is 24.1 Å². The zero-order valence-corrected chi connectivity index (χ0v) is 12.9. The number of anilines is 1. The van der Waals surface area contributed by atoms with Crippen molar-refractivity contribution >= 4 is 5.69 Å². The van der Waals surface area contributed by atoms with Crippen LogP contribution in [0.4, 0.5) is 18.9 Å². The van der Waals surface area contributed by atoms with Crippen LogP contribution in [0.15, 0.2) is 61.7 Å². The van der Waals surface area contributed by atoms with E-state index >= 15 is 0 Å². The maximum Gasteiger partial charge on any atom is 0.416 e. The molecular weight excluding hydrogens is 299 g/mol. The Balaban J connectivity index is 0.000000924. The molecule has 2 aromatic carbocycles. The van der Waals surface area contributed by atoms with E-state index < -0.39 is 11.7 Å².